The van der Waals surface area contributed by atoms with Crippen LogP contribution >= 0.6 is 0 Å². The van der Waals surface area contributed by atoms with Crippen LogP contribution in [-0.2, 0) is 14.4 Å². The Hall–Kier alpha value is -3.59. The van der Waals surface area contributed by atoms with Crippen molar-refractivity contribution < 1.29 is 19.5 Å². The van der Waals surface area contributed by atoms with Gasteiger partial charge in [-0.2, -0.15) is 0 Å². The number of nitrogens with one attached hydrogen (secondary N) is 2. The second-order valence-electron chi connectivity index (χ2n) is 6.86. The van der Waals surface area contributed by atoms with Crippen molar-refractivity contribution in [2.45, 2.75) is 39.0 Å². The Bertz CT molecular complexity index is 953. The third-order valence-corrected chi connectivity index (χ3v) is 4.29. The van der Waals surface area contributed by atoms with Crippen LogP contribution in [-0.4, -0.2) is 22.9 Å². The zero-order valence-corrected chi connectivity index (χ0v) is 16.7. The molecule has 0 unspecified atom stereocenters. The summed E-state index contributed by atoms with van der Waals surface area (Å²) in [5.74, 6) is 2.98. The highest BCUT2D eigenvalue weighted by Gasteiger charge is 2.16. The van der Waals surface area contributed by atoms with E-state index in [2.05, 4.69) is 22.5 Å². The van der Waals surface area contributed by atoms with Crippen molar-refractivity contribution in [3.63, 3.8) is 0 Å². The first kappa shape index (κ1) is 21.7. The standard InChI is InChI=1S/C23H24N2O4/c1-4-6-18(14-21(26)27)16-9-11-19(12-10-16)24-22(28)23(29)25-20-8-5-7-17(13-20)15(2)3/h5,7-13,15,18H,14H2,1-3H3,(H,24,28)(H,25,29)(H,26,27)/t18-/m1/s1. The van der Waals surface area contributed by atoms with Crippen LogP contribution in [0.5, 0.6) is 0 Å². The van der Waals surface area contributed by atoms with Crippen LogP contribution in [0.25, 0.3) is 0 Å². The molecule has 1 atom stereocenters. The molecular formula is C23H24N2O4. The quantitative estimate of drug-likeness (QED) is 0.512. The molecule has 150 valence electrons. The predicted molar refractivity (Wildman–Crippen MR) is 113 cm³/mol. The number of benzene rings is 2. The SMILES string of the molecule is CC#C[C@H](CC(=O)O)c1ccc(NC(=O)C(=O)Nc2cccc(C(C)C)c2)cc1. The van der Waals surface area contributed by atoms with E-state index in [0.29, 0.717) is 17.3 Å². The monoisotopic (exact) mass is 392 g/mol. The molecule has 0 radical (unpaired) electrons. The third kappa shape index (κ3) is 6.51. The minimum atomic E-state index is -0.937. The minimum Gasteiger partial charge on any atom is -0.481 e. The summed E-state index contributed by atoms with van der Waals surface area (Å²) in [7, 11) is 0. The van der Waals surface area contributed by atoms with Gasteiger partial charge in [-0.1, -0.05) is 44.0 Å². The number of carboxylic acid groups (broad SMARTS) is 1. The lowest BCUT2D eigenvalue weighted by Gasteiger charge is -2.11. The number of hydrogen-bond acceptors (Lipinski definition) is 3. The van der Waals surface area contributed by atoms with Gasteiger partial charge in [0.15, 0.2) is 0 Å². The summed E-state index contributed by atoms with van der Waals surface area (Å²) < 4.78 is 0. The molecule has 6 heteroatoms. The highest BCUT2D eigenvalue weighted by Crippen LogP contribution is 2.22. The van der Waals surface area contributed by atoms with E-state index >= 15 is 0 Å². The van der Waals surface area contributed by atoms with Crippen LogP contribution in [0, 0.1) is 11.8 Å². The van der Waals surface area contributed by atoms with Gasteiger partial charge in [0.1, 0.15) is 0 Å². The molecule has 0 saturated carbocycles. The van der Waals surface area contributed by atoms with Crippen molar-refractivity contribution in [3.05, 3.63) is 59.7 Å². The molecule has 0 aliphatic rings. The Morgan fingerprint density at radius 2 is 1.55 bits per heavy atom. The molecule has 2 amide bonds. The second kappa shape index (κ2) is 10.1. The van der Waals surface area contributed by atoms with Gasteiger partial charge < -0.3 is 15.7 Å². The molecule has 0 heterocycles. The molecule has 0 bridgehead atoms. The largest absolute Gasteiger partial charge is 0.481 e. The maximum atomic E-state index is 12.2. The fourth-order valence-corrected chi connectivity index (χ4v) is 2.75. The van der Waals surface area contributed by atoms with Crippen molar-refractivity contribution in [2.75, 3.05) is 10.6 Å². The molecule has 2 rings (SSSR count). The lowest BCUT2D eigenvalue weighted by molar-refractivity contribution is -0.137. The molecule has 0 aliphatic carbocycles. The van der Waals surface area contributed by atoms with E-state index in [1.807, 2.05) is 32.0 Å². The van der Waals surface area contributed by atoms with Crippen LogP contribution in [0.3, 0.4) is 0 Å². The number of carbonyl (C=O) groups is 3. The first-order valence-corrected chi connectivity index (χ1v) is 9.26. The maximum absolute atomic E-state index is 12.2. The van der Waals surface area contributed by atoms with Crippen molar-refractivity contribution in [2.24, 2.45) is 0 Å². The van der Waals surface area contributed by atoms with Gasteiger partial charge in [0.05, 0.1) is 12.3 Å². The van der Waals surface area contributed by atoms with Crippen LogP contribution < -0.4 is 10.6 Å². The summed E-state index contributed by atoms with van der Waals surface area (Å²) in [4.78, 5) is 35.3. The highest BCUT2D eigenvalue weighted by atomic mass is 16.4. The van der Waals surface area contributed by atoms with Crippen LogP contribution in [0.15, 0.2) is 48.5 Å². The molecule has 2 aromatic rings. The van der Waals surface area contributed by atoms with Gasteiger partial charge in [-0.15, -0.1) is 5.92 Å². The lowest BCUT2D eigenvalue weighted by Crippen LogP contribution is -2.29. The number of amides is 2. The predicted octanol–water partition coefficient (Wildman–Crippen LogP) is 3.97. The second-order valence-corrected chi connectivity index (χ2v) is 6.86. The smallest absolute Gasteiger partial charge is 0.314 e. The molecule has 6 nitrogen and oxygen atoms in total. The summed E-state index contributed by atoms with van der Waals surface area (Å²) in [6.45, 7) is 5.74. The van der Waals surface area contributed by atoms with E-state index in [0.717, 1.165) is 11.1 Å². The van der Waals surface area contributed by atoms with Gasteiger partial charge in [0.2, 0.25) is 0 Å². The van der Waals surface area contributed by atoms with Crippen molar-refractivity contribution in [1.82, 2.24) is 0 Å². The molecule has 0 saturated heterocycles. The average Bonchev–Trinajstić information content (AvgIpc) is 2.68. The molecule has 29 heavy (non-hydrogen) atoms. The average molecular weight is 392 g/mol. The Labute approximate surface area is 170 Å². The van der Waals surface area contributed by atoms with Crippen LogP contribution in [0.2, 0.25) is 0 Å². The number of carbonyl (C=O) groups excluding carboxylic acids is 2. The number of carboxylic acids is 1. The maximum Gasteiger partial charge on any atom is 0.314 e. The number of rotatable bonds is 6. The highest BCUT2D eigenvalue weighted by molar-refractivity contribution is 6.43. The summed E-state index contributed by atoms with van der Waals surface area (Å²) in [6, 6.07) is 14.0. The van der Waals surface area contributed by atoms with E-state index in [4.69, 9.17) is 5.11 Å². The minimum absolute atomic E-state index is 0.107. The van der Waals surface area contributed by atoms with Crippen molar-refractivity contribution >= 4 is 29.2 Å². The third-order valence-electron chi connectivity index (χ3n) is 4.29. The summed E-state index contributed by atoms with van der Waals surface area (Å²) in [5.41, 5.74) is 2.78. The van der Waals surface area contributed by atoms with Gasteiger partial charge in [-0.25, -0.2) is 0 Å². The van der Waals surface area contributed by atoms with E-state index in [9.17, 15) is 14.4 Å². The summed E-state index contributed by atoms with van der Waals surface area (Å²) >= 11 is 0. The molecule has 2 aromatic carbocycles. The Kier molecular flexibility index (Phi) is 7.55. The Morgan fingerprint density at radius 3 is 2.10 bits per heavy atom. The fourth-order valence-electron chi connectivity index (χ4n) is 2.75. The molecular weight excluding hydrogens is 368 g/mol. The number of hydrogen-bond donors (Lipinski definition) is 3. The zero-order chi connectivity index (χ0) is 21.4. The van der Waals surface area contributed by atoms with E-state index in [1.54, 1.807) is 37.3 Å². The zero-order valence-electron chi connectivity index (χ0n) is 16.7. The fraction of sp³-hybridized carbons (Fsp3) is 0.261. The first-order chi connectivity index (χ1) is 13.8. The topological polar surface area (TPSA) is 95.5 Å². The molecule has 0 fully saturated rings. The van der Waals surface area contributed by atoms with Gasteiger partial charge in [-0.3, -0.25) is 14.4 Å². The van der Waals surface area contributed by atoms with Gasteiger partial charge in [-0.05, 0) is 48.2 Å². The van der Waals surface area contributed by atoms with Gasteiger partial charge in [0.25, 0.3) is 0 Å². The van der Waals surface area contributed by atoms with Crippen molar-refractivity contribution in [1.29, 1.82) is 0 Å². The molecule has 0 aliphatic heterocycles. The van der Waals surface area contributed by atoms with Crippen molar-refractivity contribution in [3.8, 4) is 11.8 Å². The summed E-state index contributed by atoms with van der Waals surface area (Å²) in [5, 5.41) is 14.1. The number of anilines is 2. The molecule has 0 aromatic heterocycles. The Morgan fingerprint density at radius 1 is 0.931 bits per heavy atom. The summed E-state index contributed by atoms with van der Waals surface area (Å²) in [6.07, 6.45) is -0.107. The Balaban J connectivity index is 2.02. The van der Waals surface area contributed by atoms with Crippen LogP contribution in [0.1, 0.15) is 50.2 Å². The number of aliphatic carboxylic acids is 1. The first-order valence-electron chi connectivity index (χ1n) is 9.26. The lowest BCUT2D eigenvalue weighted by atomic mass is 9.96. The van der Waals surface area contributed by atoms with Gasteiger partial charge in [0, 0.05) is 11.4 Å². The molecule has 3 N–H and O–H groups in total. The van der Waals surface area contributed by atoms with Crippen LogP contribution in [0.4, 0.5) is 11.4 Å². The van der Waals surface area contributed by atoms with Gasteiger partial charge >= 0.3 is 17.8 Å². The van der Waals surface area contributed by atoms with E-state index < -0.39 is 23.7 Å². The van der Waals surface area contributed by atoms with E-state index in [-0.39, 0.29) is 6.42 Å². The van der Waals surface area contributed by atoms with E-state index in [1.165, 1.54) is 0 Å². The molecule has 0 spiro atoms. The normalized spacial score (nSPS) is 11.2.